The number of alkyl carbamates (subject to hydrolysis) is 1. The van der Waals surface area contributed by atoms with Gasteiger partial charge in [-0.3, -0.25) is 14.4 Å². The summed E-state index contributed by atoms with van der Waals surface area (Å²) >= 11 is 6.05. The molecule has 5 rings (SSSR count). The number of aromatic nitrogens is 1. The number of fused-ring (bicyclic) bond motifs is 1. The van der Waals surface area contributed by atoms with Crippen LogP contribution in [0.2, 0.25) is 5.02 Å². The quantitative estimate of drug-likeness (QED) is 0.110. The van der Waals surface area contributed by atoms with Crippen LogP contribution < -0.4 is 24.8 Å². The number of carbonyl (C=O) groups is 4. The van der Waals surface area contributed by atoms with E-state index in [9.17, 15) is 27.6 Å². The number of nitrogens with one attached hydrogen (secondary N) is 3. The van der Waals surface area contributed by atoms with Crippen molar-refractivity contribution in [2.75, 3.05) is 13.7 Å². The average Bonchev–Trinajstić information content (AvgIpc) is 3.61. The maximum atomic E-state index is 14.8. The van der Waals surface area contributed by atoms with Gasteiger partial charge in [-0.2, -0.15) is 0 Å². The molecule has 0 aliphatic carbocycles. The Bertz CT molecular complexity index is 2400. The van der Waals surface area contributed by atoms with E-state index in [1.807, 2.05) is 36.4 Å². The lowest BCUT2D eigenvalue weighted by Crippen LogP contribution is -2.62. The Morgan fingerprint density at radius 1 is 0.967 bits per heavy atom. The van der Waals surface area contributed by atoms with Crippen molar-refractivity contribution in [1.82, 2.24) is 25.2 Å². The van der Waals surface area contributed by atoms with Crippen LogP contribution in [0, 0.1) is 5.41 Å². The summed E-state index contributed by atoms with van der Waals surface area (Å²) < 4.78 is 46.5. The summed E-state index contributed by atoms with van der Waals surface area (Å²) in [4.78, 5) is 62.5. The van der Waals surface area contributed by atoms with Gasteiger partial charge in [0.1, 0.15) is 40.8 Å². The molecule has 1 saturated heterocycles. The second-order valence-corrected chi connectivity index (χ2v) is 19.3. The number of allylic oxidation sites excluding steroid dienone is 1. The molecule has 4 atom stereocenters. The van der Waals surface area contributed by atoms with Crippen LogP contribution in [0.3, 0.4) is 0 Å². The summed E-state index contributed by atoms with van der Waals surface area (Å²) in [5.41, 5.74) is -1.52. The van der Waals surface area contributed by atoms with Crippen LogP contribution in [0.1, 0.15) is 67.7 Å². The number of amides is 4. The average molecular weight is 876 g/mol. The number of methoxy groups -OCH3 is 1. The molecule has 4 amide bonds. The smallest absolute Gasteiger partial charge is 0.408 e. The number of halogens is 1. The third kappa shape index (κ3) is 11.6. The first kappa shape index (κ1) is 46.4. The summed E-state index contributed by atoms with van der Waals surface area (Å²) in [5, 5.41) is 6.29. The highest BCUT2D eigenvalue weighted by Gasteiger charge is 2.48. The molecule has 1 aromatic heterocycles. The summed E-state index contributed by atoms with van der Waals surface area (Å²) in [6.45, 7) is 15.4. The van der Waals surface area contributed by atoms with Crippen LogP contribution >= 0.6 is 11.6 Å². The van der Waals surface area contributed by atoms with Gasteiger partial charge in [0.2, 0.25) is 11.8 Å². The van der Waals surface area contributed by atoms with Crippen molar-refractivity contribution in [3.63, 3.8) is 0 Å². The van der Waals surface area contributed by atoms with E-state index >= 15 is 0 Å². The zero-order chi connectivity index (χ0) is 44.9. The molecule has 0 spiro atoms. The van der Waals surface area contributed by atoms with E-state index in [1.165, 1.54) is 42.2 Å². The Kier molecular flexibility index (Phi) is 14.1. The van der Waals surface area contributed by atoms with Crippen molar-refractivity contribution in [2.45, 2.75) is 102 Å². The largest absolute Gasteiger partial charge is 0.497 e. The number of rotatable bonds is 14. The first-order valence-corrected chi connectivity index (χ1v) is 21.7. The number of ether oxygens (including phenoxy) is 3. The van der Waals surface area contributed by atoms with E-state index < -0.39 is 68.6 Å². The number of hydrogen-bond donors (Lipinski definition) is 3. The van der Waals surface area contributed by atoms with Crippen LogP contribution in [0.25, 0.3) is 22.2 Å². The molecule has 1 unspecified atom stereocenters. The normalized spacial score (nSPS) is 17.1. The van der Waals surface area contributed by atoms with Crippen molar-refractivity contribution in [3.05, 3.63) is 96.5 Å². The second-order valence-electron chi connectivity index (χ2n) is 17.2. The number of nitrogens with zero attached hydrogens (tertiary/aromatic N) is 2. The van der Waals surface area contributed by atoms with E-state index in [4.69, 9.17) is 30.8 Å². The zero-order valence-corrected chi connectivity index (χ0v) is 37.3. The summed E-state index contributed by atoms with van der Waals surface area (Å²) in [7, 11) is -2.86. The Hall–Kier alpha value is -5.67. The van der Waals surface area contributed by atoms with E-state index in [-0.39, 0.29) is 35.7 Å². The molecule has 16 heteroatoms. The molecular formula is C45H54ClN5O9S. The molecule has 3 aromatic carbocycles. The molecule has 326 valence electrons. The van der Waals surface area contributed by atoms with Gasteiger partial charge in [-0.15, -0.1) is 6.58 Å². The van der Waals surface area contributed by atoms with E-state index in [1.54, 1.807) is 66.9 Å². The molecule has 2 heterocycles. The van der Waals surface area contributed by atoms with Gasteiger partial charge in [0, 0.05) is 34.5 Å². The molecule has 1 aliphatic heterocycles. The van der Waals surface area contributed by atoms with Gasteiger partial charge in [0.15, 0.2) is 0 Å². The SMILES string of the molecule is C=CCC[C@](C)(NC(=O)[C@@H]1C[C@@H](Oc2cc(-c3ccccc3)nc3cc(OC)ccc23)CN1C(=O)C(NC(=O)OC(C)(C)C)C(C)(C)C)C(=O)NS(=O)(=O)c1cccc(Cl)c1. The van der Waals surface area contributed by atoms with Gasteiger partial charge in [0.05, 0.1) is 29.8 Å². The fraction of sp³-hybridized carbons (Fsp3) is 0.400. The minimum Gasteiger partial charge on any atom is -0.497 e. The number of hydrogen-bond acceptors (Lipinski definition) is 10. The van der Waals surface area contributed by atoms with Crippen LogP contribution in [0.5, 0.6) is 11.5 Å². The van der Waals surface area contributed by atoms with Crippen LogP contribution in [0.4, 0.5) is 4.79 Å². The Morgan fingerprint density at radius 2 is 1.67 bits per heavy atom. The molecule has 1 fully saturated rings. The summed E-state index contributed by atoms with van der Waals surface area (Å²) in [5.74, 6) is -1.34. The number of sulfonamides is 1. The van der Waals surface area contributed by atoms with Crippen molar-refractivity contribution < 1.29 is 41.8 Å². The molecule has 4 aromatic rings. The zero-order valence-electron chi connectivity index (χ0n) is 35.7. The fourth-order valence-electron chi connectivity index (χ4n) is 6.86. The molecule has 14 nitrogen and oxygen atoms in total. The number of carbonyl (C=O) groups excluding carboxylic acids is 4. The highest BCUT2D eigenvalue weighted by atomic mass is 35.5. The number of benzene rings is 3. The molecule has 0 radical (unpaired) electrons. The highest BCUT2D eigenvalue weighted by molar-refractivity contribution is 7.90. The monoisotopic (exact) mass is 875 g/mol. The van der Waals surface area contributed by atoms with E-state index in [0.717, 1.165) is 5.56 Å². The molecule has 61 heavy (non-hydrogen) atoms. The first-order valence-electron chi connectivity index (χ1n) is 19.8. The first-order chi connectivity index (χ1) is 28.5. The van der Waals surface area contributed by atoms with Crippen molar-refractivity contribution >= 4 is 56.3 Å². The van der Waals surface area contributed by atoms with Gasteiger partial charge < -0.3 is 29.7 Å². The Morgan fingerprint density at radius 3 is 2.30 bits per heavy atom. The summed E-state index contributed by atoms with van der Waals surface area (Å²) in [6, 6.07) is 19.7. The minimum absolute atomic E-state index is 0.0402. The topological polar surface area (TPSA) is 182 Å². The Balaban J connectivity index is 1.54. The lowest BCUT2D eigenvalue weighted by atomic mass is 9.85. The van der Waals surface area contributed by atoms with Crippen LogP contribution in [-0.4, -0.2) is 85.1 Å². The lowest BCUT2D eigenvalue weighted by Gasteiger charge is -2.36. The predicted octanol–water partition coefficient (Wildman–Crippen LogP) is 7.20. The molecular weight excluding hydrogens is 822 g/mol. The Labute approximate surface area is 362 Å². The standard InChI is InChI=1S/C45H54ClN5O9S/c1-10-11-22-45(8,41(54)50-61(56,57)32-19-15-18-29(46)23-32)49-39(52)36-25-31(27-51(36)40(53)38(43(2,3)4)48-42(55)60-44(5,6)7)59-37-26-34(28-16-13-12-14-17-28)47-35-24-30(58-9)20-21-33(35)37/h10,12-21,23-24,26,31,36,38H,1,11,22,25,27H2,2-9H3,(H,48,55)(H,49,52)(H,50,54)/t31-,36+,38?,45+/m1/s1. The molecule has 3 N–H and O–H groups in total. The van der Waals surface area contributed by atoms with Gasteiger partial charge in [-0.05, 0) is 76.3 Å². The maximum absolute atomic E-state index is 14.8. The van der Waals surface area contributed by atoms with Crippen LogP contribution in [-0.2, 0) is 29.1 Å². The van der Waals surface area contributed by atoms with Crippen molar-refractivity contribution in [1.29, 1.82) is 0 Å². The third-order valence-corrected chi connectivity index (χ3v) is 11.6. The highest BCUT2D eigenvalue weighted by Crippen LogP contribution is 2.35. The minimum atomic E-state index is -4.42. The number of likely N-dealkylation sites (tertiary alicyclic amines) is 1. The molecule has 1 aliphatic rings. The predicted molar refractivity (Wildman–Crippen MR) is 234 cm³/mol. The molecule has 0 bridgehead atoms. The number of pyridine rings is 1. The van der Waals surface area contributed by atoms with Crippen LogP contribution in [0.15, 0.2) is 96.4 Å². The van der Waals surface area contributed by atoms with E-state index in [0.29, 0.717) is 28.1 Å². The summed E-state index contributed by atoms with van der Waals surface area (Å²) in [6.07, 6.45) is 0.0641. The maximum Gasteiger partial charge on any atom is 0.408 e. The van der Waals surface area contributed by atoms with Gasteiger partial charge in [-0.25, -0.2) is 22.9 Å². The van der Waals surface area contributed by atoms with Crippen molar-refractivity contribution in [2.24, 2.45) is 5.41 Å². The second kappa shape index (κ2) is 18.5. The molecule has 0 saturated carbocycles. The van der Waals surface area contributed by atoms with Gasteiger partial charge in [0.25, 0.3) is 15.9 Å². The van der Waals surface area contributed by atoms with E-state index in [2.05, 4.69) is 21.9 Å². The van der Waals surface area contributed by atoms with Crippen molar-refractivity contribution in [3.8, 4) is 22.8 Å². The lowest BCUT2D eigenvalue weighted by molar-refractivity contribution is -0.143. The van der Waals surface area contributed by atoms with Gasteiger partial charge in [-0.1, -0.05) is 74.8 Å². The fourth-order valence-corrected chi connectivity index (χ4v) is 8.24. The van der Waals surface area contributed by atoms with Gasteiger partial charge >= 0.3 is 6.09 Å². The third-order valence-electron chi connectivity index (χ3n) is 10.0.